The second-order valence-corrected chi connectivity index (χ2v) is 8.51. The molecule has 1 unspecified atom stereocenters. The Bertz CT molecular complexity index is 765. The lowest BCUT2D eigenvalue weighted by Crippen LogP contribution is -2.43. The predicted molar refractivity (Wildman–Crippen MR) is 86.5 cm³/mol. The number of nitrogens with zero attached hydrogens (tertiary/aromatic N) is 1. The number of carbonyl (C=O) groups is 2. The summed E-state index contributed by atoms with van der Waals surface area (Å²) in [4.78, 5) is 24.6. The van der Waals surface area contributed by atoms with Crippen LogP contribution in [0.25, 0.3) is 0 Å². The predicted octanol–water partition coefficient (Wildman–Crippen LogP) is 2.02. The van der Waals surface area contributed by atoms with Gasteiger partial charge in [-0.1, -0.05) is 24.1 Å². The molecular formula is C17H21NO5S. The summed E-state index contributed by atoms with van der Waals surface area (Å²) in [5, 5.41) is 0. The van der Waals surface area contributed by atoms with Crippen molar-refractivity contribution in [2.75, 3.05) is 7.11 Å². The Morgan fingerprint density at radius 1 is 1.29 bits per heavy atom. The minimum Gasteiger partial charge on any atom is -0.469 e. The molecule has 0 aromatic heterocycles. The number of sulfonamides is 1. The quantitative estimate of drug-likeness (QED) is 0.775. The van der Waals surface area contributed by atoms with Gasteiger partial charge < -0.3 is 4.74 Å². The van der Waals surface area contributed by atoms with Crippen LogP contribution in [0, 0.1) is 12.3 Å². The number of methoxy groups -OCH3 is 1. The van der Waals surface area contributed by atoms with Crippen LogP contribution in [-0.4, -0.2) is 37.8 Å². The Morgan fingerprint density at radius 2 is 1.92 bits per heavy atom. The minimum atomic E-state index is -3.98. The Labute approximate surface area is 141 Å². The van der Waals surface area contributed by atoms with Gasteiger partial charge in [0.25, 0.3) is 10.0 Å². The molecule has 0 radical (unpaired) electrons. The van der Waals surface area contributed by atoms with Gasteiger partial charge >= 0.3 is 5.97 Å². The fourth-order valence-corrected chi connectivity index (χ4v) is 5.26. The van der Waals surface area contributed by atoms with E-state index in [0.717, 1.165) is 16.3 Å². The first-order valence-corrected chi connectivity index (χ1v) is 9.46. The van der Waals surface area contributed by atoms with Crippen LogP contribution in [0.2, 0.25) is 0 Å². The van der Waals surface area contributed by atoms with Crippen LogP contribution in [0.4, 0.5) is 0 Å². The lowest BCUT2D eigenvalue weighted by atomic mass is 9.67. The van der Waals surface area contributed by atoms with Crippen molar-refractivity contribution in [1.82, 2.24) is 4.31 Å². The van der Waals surface area contributed by atoms with E-state index in [1.165, 1.54) is 19.2 Å². The highest BCUT2D eigenvalue weighted by Gasteiger charge is 2.58. The van der Waals surface area contributed by atoms with Crippen LogP contribution in [0.5, 0.6) is 0 Å². The molecule has 1 aliphatic heterocycles. The topological polar surface area (TPSA) is 80.8 Å². The molecule has 24 heavy (non-hydrogen) atoms. The first-order chi connectivity index (χ1) is 11.3. The summed E-state index contributed by atoms with van der Waals surface area (Å²) in [5.41, 5.74) is 0.319. The van der Waals surface area contributed by atoms with Gasteiger partial charge in [-0.25, -0.2) is 12.7 Å². The van der Waals surface area contributed by atoms with Crippen molar-refractivity contribution in [3.8, 4) is 0 Å². The van der Waals surface area contributed by atoms with Crippen LogP contribution in [0.3, 0.4) is 0 Å². The number of esters is 1. The van der Waals surface area contributed by atoms with Crippen molar-refractivity contribution in [2.45, 2.75) is 50.0 Å². The maximum Gasteiger partial charge on any atom is 0.307 e. The molecule has 1 aromatic carbocycles. The third-order valence-corrected chi connectivity index (χ3v) is 6.98. The molecule has 1 aliphatic carbocycles. The van der Waals surface area contributed by atoms with Crippen LogP contribution in [0.1, 0.15) is 37.7 Å². The molecule has 1 heterocycles. The number of hydrogen-bond donors (Lipinski definition) is 0. The Hall–Kier alpha value is -1.89. The molecule has 130 valence electrons. The zero-order valence-corrected chi connectivity index (χ0v) is 14.6. The molecule has 0 bridgehead atoms. The third kappa shape index (κ3) is 2.60. The van der Waals surface area contributed by atoms with Crippen molar-refractivity contribution in [3.05, 3.63) is 29.8 Å². The second kappa shape index (κ2) is 5.88. The first kappa shape index (κ1) is 17.0. The van der Waals surface area contributed by atoms with Crippen LogP contribution in [0.15, 0.2) is 29.2 Å². The molecular weight excluding hydrogens is 330 g/mol. The van der Waals surface area contributed by atoms with Crippen LogP contribution < -0.4 is 0 Å². The molecule has 1 saturated carbocycles. The average Bonchev–Trinajstić information content (AvgIpc) is 2.80. The summed E-state index contributed by atoms with van der Waals surface area (Å²) in [5.74, 6) is -0.878. The standard InChI is InChI=1S/C17H21NO5S/c1-12-4-6-14(7-5-12)24(21,22)18-13(10-15(19)23-2)11-17(16(18)20)8-3-9-17/h4-7,13H,3,8-11H2,1-2H3. The van der Waals surface area contributed by atoms with E-state index in [4.69, 9.17) is 0 Å². The summed E-state index contributed by atoms with van der Waals surface area (Å²) in [7, 11) is -2.72. The normalized spacial score (nSPS) is 22.5. The van der Waals surface area contributed by atoms with Crippen molar-refractivity contribution in [2.24, 2.45) is 5.41 Å². The molecule has 1 aromatic rings. The average molecular weight is 351 g/mol. The van der Waals surface area contributed by atoms with Gasteiger partial charge in [-0.15, -0.1) is 0 Å². The molecule has 2 fully saturated rings. The van der Waals surface area contributed by atoms with Gasteiger partial charge in [0.1, 0.15) is 0 Å². The first-order valence-electron chi connectivity index (χ1n) is 8.02. The van der Waals surface area contributed by atoms with Gasteiger partial charge in [0.2, 0.25) is 5.91 Å². The highest BCUT2D eigenvalue weighted by Crippen LogP contribution is 2.53. The number of carbonyl (C=O) groups excluding carboxylic acids is 2. The zero-order valence-electron chi connectivity index (χ0n) is 13.8. The third-order valence-electron chi connectivity index (χ3n) is 5.13. The molecule has 1 atom stereocenters. The van der Waals surface area contributed by atoms with Gasteiger partial charge in [0.15, 0.2) is 0 Å². The van der Waals surface area contributed by atoms with Gasteiger partial charge in [-0.3, -0.25) is 9.59 Å². The van der Waals surface area contributed by atoms with Crippen molar-refractivity contribution in [3.63, 3.8) is 0 Å². The smallest absolute Gasteiger partial charge is 0.307 e. The Kier molecular flexibility index (Phi) is 4.15. The van der Waals surface area contributed by atoms with E-state index in [2.05, 4.69) is 4.74 Å². The molecule has 2 aliphatic rings. The molecule has 3 rings (SSSR count). The number of rotatable bonds is 4. The molecule has 1 amide bonds. The fourth-order valence-electron chi connectivity index (χ4n) is 3.60. The molecule has 6 nitrogen and oxygen atoms in total. The van der Waals surface area contributed by atoms with E-state index in [-0.39, 0.29) is 17.2 Å². The largest absolute Gasteiger partial charge is 0.469 e. The fraction of sp³-hybridized carbons (Fsp3) is 0.529. The van der Waals surface area contributed by atoms with E-state index in [0.29, 0.717) is 19.3 Å². The molecule has 1 spiro atoms. The number of ether oxygens (including phenoxy) is 1. The van der Waals surface area contributed by atoms with Gasteiger partial charge in [0.05, 0.1) is 29.9 Å². The maximum atomic E-state index is 13.0. The summed E-state index contributed by atoms with van der Waals surface area (Å²) in [6, 6.07) is 5.72. The number of hydrogen-bond acceptors (Lipinski definition) is 5. The molecule has 7 heteroatoms. The Balaban J connectivity index is 1.99. The summed E-state index contributed by atoms with van der Waals surface area (Å²) < 4.78 is 31.7. The summed E-state index contributed by atoms with van der Waals surface area (Å²) >= 11 is 0. The van der Waals surface area contributed by atoms with Crippen LogP contribution >= 0.6 is 0 Å². The van der Waals surface area contributed by atoms with Gasteiger partial charge in [-0.2, -0.15) is 0 Å². The summed E-state index contributed by atoms with van der Waals surface area (Å²) in [6.07, 6.45) is 2.57. The molecule has 1 saturated heterocycles. The number of amides is 1. The SMILES string of the molecule is COC(=O)CC1CC2(CCC2)C(=O)N1S(=O)(=O)c1ccc(C)cc1. The Morgan fingerprint density at radius 3 is 2.42 bits per heavy atom. The highest BCUT2D eigenvalue weighted by molar-refractivity contribution is 7.89. The van der Waals surface area contributed by atoms with Crippen molar-refractivity contribution < 1.29 is 22.7 Å². The molecule has 0 N–H and O–H groups in total. The van der Waals surface area contributed by atoms with Crippen molar-refractivity contribution in [1.29, 1.82) is 0 Å². The summed E-state index contributed by atoms with van der Waals surface area (Å²) in [6.45, 7) is 1.86. The van der Waals surface area contributed by atoms with E-state index in [9.17, 15) is 18.0 Å². The minimum absolute atomic E-state index is 0.0766. The van der Waals surface area contributed by atoms with Gasteiger partial charge in [-0.05, 0) is 38.3 Å². The maximum absolute atomic E-state index is 13.0. The van der Waals surface area contributed by atoms with E-state index in [1.54, 1.807) is 12.1 Å². The lowest BCUT2D eigenvalue weighted by Gasteiger charge is -2.35. The van der Waals surface area contributed by atoms with Crippen molar-refractivity contribution >= 4 is 21.9 Å². The number of benzene rings is 1. The van der Waals surface area contributed by atoms with E-state index >= 15 is 0 Å². The van der Waals surface area contributed by atoms with E-state index in [1.807, 2.05) is 6.92 Å². The van der Waals surface area contributed by atoms with Crippen LogP contribution in [-0.2, 0) is 24.3 Å². The van der Waals surface area contributed by atoms with E-state index < -0.39 is 27.4 Å². The second-order valence-electron chi connectivity index (χ2n) is 6.69. The number of aryl methyl sites for hydroxylation is 1. The lowest BCUT2D eigenvalue weighted by molar-refractivity contribution is -0.141. The zero-order chi connectivity index (χ0) is 17.5. The monoisotopic (exact) mass is 351 g/mol. The highest BCUT2D eigenvalue weighted by atomic mass is 32.2. The van der Waals surface area contributed by atoms with Gasteiger partial charge in [0, 0.05) is 0 Å².